The lowest BCUT2D eigenvalue weighted by molar-refractivity contribution is 0.223. The van der Waals surface area contributed by atoms with Gasteiger partial charge in [-0.15, -0.1) is 24.8 Å². The van der Waals surface area contributed by atoms with Crippen LogP contribution in [0.15, 0.2) is 24.5 Å². The quantitative estimate of drug-likeness (QED) is 0.910. The second-order valence-corrected chi connectivity index (χ2v) is 5.61. The highest BCUT2D eigenvalue weighted by atomic mass is 35.5. The average Bonchev–Trinajstić information content (AvgIpc) is 3.01. The van der Waals surface area contributed by atoms with Crippen molar-refractivity contribution in [1.29, 1.82) is 0 Å². The molecule has 5 heteroatoms. The first kappa shape index (κ1) is 16.7. The predicted octanol–water partition coefficient (Wildman–Crippen LogP) is 2.67. The molecule has 0 aliphatic carbocycles. The van der Waals surface area contributed by atoms with Crippen LogP contribution in [-0.2, 0) is 0 Å². The summed E-state index contributed by atoms with van der Waals surface area (Å²) in [6.45, 7) is 7.20. The molecule has 2 aliphatic heterocycles. The molecule has 0 radical (unpaired) electrons. The Balaban J connectivity index is 0.000000902. The molecule has 0 bridgehead atoms. The van der Waals surface area contributed by atoms with Crippen LogP contribution < -0.4 is 5.32 Å². The Morgan fingerprint density at radius 3 is 2.84 bits per heavy atom. The maximum absolute atomic E-state index is 4.23. The Morgan fingerprint density at radius 2 is 2.21 bits per heavy atom. The molecule has 0 aromatic carbocycles. The van der Waals surface area contributed by atoms with E-state index in [1.165, 1.54) is 44.6 Å². The largest absolute Gasteiger partial charge is 0.316 e. The lowest BCUT2D eigenvalue weighted by Gasteiger charge is -2.27. The summed E-state index contributed by atoms with van der Waals surface area (Å²) in [5.74, 6) is 0. The molecule has 1 aromatic heterocycles. The first-order chi connectivity index (χ1) is 8.29. The Labute approximate surface area is 128 Å². The van der Waals surface area contributed by atoms with Crippen molar-refractivity contribution in [3.05, 3.63) is 30.1 Å². The Kier molecular flexibility index (Phi) is 6.06. The fraction of sp³-hybridized carbons (Fsp3) is 0.643. The van der Waals surface area contributed by atoms with E-state index in [-0.39, 0.29) is 24.8 Å². The van der Waals surface area contributed by atoms with E-state index in [1.807, 2.05) is 18.5 Å². The standard InChI is InChI=1S/C14H21N3.2ClH/c1-12(13-3-2-6-15-9-13)17-8-5-14(11-17)4-7-16-10-14;;/h2-3,6,9,12,16H,4-5,7-8,10-11H2,1H3;2*1H. The Bertz CT molecular complexity index is 380. The number of hydrogen-bond acceptors (Lipinski definition) is 3. The number of hydrogen-bond donors (Lipinski definition) is 1. The van der Waals surface area contributed by atoms with Crippen LogP contribution in [0.2, 0.25) is 0 Å². The van der Waals surface area contributed by atoms with Gasteiger partial charge in [0.05, 0.1) is 0 Å². The molecular weight excluding hydrogens is 281 g/mol. The highest BCUT2D eigenvalue weighted by Gasteiger charge is 2.41. The van der Waals surface area contributed by atoms with Crippen LogP contribution in [0.4, 0.5) is 0 Å². The van der Waals surface area contributed by atoms with Crippen LogP contribution in [0.5, 0.6) is 0 Å². The van der Waals surface area contributed by atoms with Crippen molar-refractivity contribution >= 4 is 24.8 Å². The summed E-state index contributed by atoms with van der Waals surface area (Å²) >= 11 is 0. The summed E-state index contributed by atoms with van der Waals surface area (Å²) in [4.78, 5) is 6.84. The first-order valence-electron chi connectivity index (χ1n) is 6.64. The van der Waals surface area contributed by atoms with E-state index in [0.29, 0.717) is 11.5 Å². The monoisotopic (exact) mass is 303 g/mol. The maximum Gasteiger partial charge on any atom is 0.0335 e. The lowest BCUT2D eigenvalue weighted by atomic mass is 9.86. The van der Waals surface area contributed by atoms with Crippen LogP contribution >= 0.6 is 24.8 Å². The molecule has 2 fully saturated rings. The zero-order chi connectivity index (χ0) is 11.7. The molecular formula is C14H23Cl2N3. The molecule has 3 rings (SSSR count). The second kappa shape index (κ2) is 6.89. The van der Waals surface area contributed by atoms with Crippen molar-refractivity contribution in [2.45, 2.75) is 25.8 Å². The molecule has 2 atom stereocenters. The SMILES string of the molecule is CC(c1cccnc1)N1CCC2(CCNC2)C1.Cl.Cl. The van der Waals surface area contributed by atoms with Gasteiger partial charge < -0.3 is 5.32 Å². The smallest absolute Gasteiger partial charge is 0.0335 e. The predicted molar refractivity (Wildman–Crippen MR) is 83.3 cm³/mol. The minimum atomic E-state index is 0. The minimum absolute atomic E-state index is 0. The van der Waals surface area contributed by atoms with Gasteiger partial charge in [0.1, 0.15) is 0 Å². The van der Waals surface area contributed by atoms with Gasteiger partial charge in [-0.1, -0.05) is 6.07 Å². The van der Waals surface area contributed by atoms with E-state index in [9.17, 15) is 0 Å². The lowest BCUT2D eigenvalue weighted by Crippen LogP contribution is -2.30. The van der Waals surface area contributed by atoms with E-state index in [0.717, 1.165) is 0 Å². The van der Waals surface area contributed by atoms with Crippen LogP contribution in [0.1, 0.15) is 31.4 Å². The van der Waals surface area contributed by atoms with Gasteiger partial charge in [0, 0.05) is 31.5 Å². The molecule has 1 N–H and O–H groups in total. The Morgan fingerprint density at radius 1 is 1.37 bits per heavy atom. The summed E-state index contributed by atoms with van der Waals surface area (Å²) in [6, 6.07) is 4.73. The second-order valence-electron chi connectivity index (χ2n) is 5.61. The van der Waals surface area contributed by atoms with E-state index in [2.05, 4.69) is 28.2 Å². The highest BCUT2D eigenvalue weighted by molar-refractivity contribution is 5.85. The topological polar surface area (TPSA) is 28.2 Å². The third-order valence-electron chi connectivity index (χ3n) is 4.51. The van der Waals surface area contributed by atoms with E-state index in [1.54, 1.807) is 0 Å². The van der Waals surface area contributed by atoms with Gasteiger partial charge in [-0.25, -0.2) is 0 Å². The molecule has 0 saturated carbocycles. The van der Waals surface area contributed by atoms with Gasteiger partial charge in [0.2, 0.25) is 0 Å². The number of nitrogens with zero attached hydrogens (tertiary/aromatic N) is 2. The van der Waals surface area contributed by atoms with Gasteiger partial charge in [0.15, 0.2) is 0 Å². The zero-order valence-corrected chi connectivity index (χ0v) is 13.0. The number of nitrogens with one attached hydrogen (secondary N) is 1. The molecule has 19 heavy (non-hydrogen) atoms. The molecule has 0 amide bonds. The van der Waals surface area contributed by atoms with Gasteiger partial charge >= 0.3 is 0 Å². The third-order valence-corrected chi connectivity index (χ3v) is 4.51. The number of pyridine rings is 1. The van der Waals surface area contributed by atoms with Crippen LogP contribution in [0.25, 0.3) is 0 Å². The van der Waals surface area contributed by atoms with Crippen molar-refractivity contribution in [2.75, 3.05) is 26.2 Å². The molecule has 2 saturated heterocycles. The van der Waals surface area contributed by atoms with E-state index >= 15 is 0 Å². The van der Waals surface area contributed by atoms with E-state index in [4.69, 9.17) is 0 Å². The van der Waals surface area contributed by atoms with E-state index < -0.39 is 0 Å². The summed E-state index contributed by atoms with van der Waals surface area (Å²) < 4.78 is 0. The van der Waals surface area contributed by atoms with Crippen LogP contribution in [0.3, 0.4) is 0 Å². The van der Waals surface area contributed by atoms with Crippen LogP contribution in [-0.4, -0.2) is 36.1 Å². The molecule has 1 spiro atoms. The minimum Gasteiger partial charge on any atom is -0.316 e. The number of rotatable bonds is 2. The van der Waals surface area contributed by atoms with Gasteiger partial charge in [-0.3, -0.25) is 9.88 Å². The molecule has 2 unspecified atom stereocenters. The van der Waals surface area contributed by atoms with Crippen molar-refractivity contribution in [3.8, 4) is 0 Å². The molecule has 3 heterocycles. The number of likely N-dealkylation sites (tertiary alicyclic amines) is 1. The number of aromatic nitrogens is 1. The maximum atomic E-state index is 4.23. The summed E-state index contributed by atoms with van der Waals surface area (Å²) in [5, 5.41) is 3.52. The van der Waals surface area contributed by atoms with Gasteiger partial charge in [-0.2, -0.15) is 0 Å². The molecule has 2 aliphatic rings. The molecule has 108 valence electrons. The first-order valence-corrected chi connectivity index (χ1v) is 6.64. The van der Waals surface area contributed by atoms with Crippen molar-refractivity contribution in [1.82, 2.24) is 15.2 Å². The fourth-order valence-corrected chi connectivity index (χ4v) is 3.28. The highest BCUT2D eigenvalue weighted by Crippen LogP contribution is 2.39. The normalized spacial score (nSPS) is 27.8. The third kappa shape index (κ3) is 3.40. The fourth-order valence-electron chi connectivity index (χ4n) is 3.28. The summed E-state index contributed by atoms with van der Waals surface area (Å²) in [5.41, 5.74) is 1.91. The molecule has 3 nitrogen and oxygen atoms in total. The van der Waals surface area contributed by atoms with Crippen LogP contribution in [0, 0.1) is 5.41 Å². The zero-order valence-electron chi connectivity index (χ0n) is 11.3. The van der Waals surface area contributed by atoms with Gasteiger partial charge in [0.25, 0.3) is 0 Å². The summed E-state index contributed by atoms with van der Waals surface area (Å²) in [7, 11) is 0. The van der Waals surface area contributed by atoms with Crippen molar-refractivity contribution in [2.24, 2.45) is 5.41 Å². The average molecular weight is 304 g/mol. The Hall–Kier alpha value is -0.350. The summed E-state index contributed by atoms with van der Waals surface area (Å²) in [6.07, 6.45) is 6.55. The number of halogens is 2. The van der Waals surface area contributed by atoms with Gasteiger partial charge in [-0.05, 0) is 49.9 Å². The molecule has 1 aromatic rings. The van der Waals surface area contributed by atoms with Crippen molar-refractivity contribution in [3.63, 3.8) is 0 Å². The van der Waals surface area contributed by atoms with Crippen molar-refractivity contribution < 1.29 is 0 Å².